The van der Waals surface area contributed by atoms with Crippen molar-refractivity contribution in [2.75, 3.05) is 31.1 Å². The van der Waals surface area contributed by atoms with Crippen molar-refractivity contribution in [2.24, 2.45) is 0 Å². The van der Waals surface area contributed by atoms with Crippen molar-refractivity contribution in [3.8, 4) is 11.3 Å². The van der Waals surface area contributed by atoms with Crippen LogP contribution in [-0.2, 0) is 0 Å². The molecule has 0 radical (unpaired) electrons. The average molecular weight is 468 g/mol. The van der Waals surface area contributed by atoms with Crippen LogP contribution in [0.15, 0.2) is 77.6 Å². The van der Waals surface area contributed by atoms with Crippen LogP contribution in [0.4, 0.5) is 10.1 Å². The Hall–Kier alpha value is -4.53. The lowest BCUT2D eigenvalue weighted by Gasteiger charge is -2.36. The molecule has 9 heteroatoms. The summed E-state index contributed by atoms with van der Waals surface area (Å²) in [5, 5.41) is 7.49. The number of rotatable bonds is 3. The highest BCUT2D eigenvalue weighted by molar-refractivity contribution is 5.98. The highest BCUT2D eigenvalue weighted by Gasteiger charge is 2.23. The lowest BCUT2D eigenvalue weighted by molar-refractivity contribution is 0.0747. The molecule has 6 rings (SSSR count). The zero-order chi connectivity index (χ0) is 23.9. The van der Waals surface area contributed by atoms with Crippen molar-refractivity contribution < 1.29 is 9.18 Å². The molecule has 35 heavy (non-hydrogen) atoms. The zero-order valence-electron chi connectivity index (χ0n) is 18.7. The fourth-order valence-electron chi connectivity index (χ4n) is 4.58. The van der Waals surface area contributed by atoms with Gasteiger partial charge >= 0.3 is 0 Å². The third-order valence-corrected chi connectivity index (χ3v) is 6.40. The van der Waals surface area contributed by atoms with Crippen molar-refractivity contribution in [2.45, 2.75) is 0 Å². The lowest BCUT2D eigenvalue weighted by Crippen LogP contribution is -2.48. The van der Waals surface area contributed by atoms with Gasteiger partial charge in [0.2, 0.25) is 0 Å². The number of halogens is 1. The smallest absolute Gasteiger partial charge is 0.281 e. The molecule has 5 aromatic rings. The van der Waals surface area contributed by atoms with Gasteiger partial charge in [-0.05, 0) is 42.5 Å². The minimum absolute atomic E-state index is 0.0949. The second-order valence-corrected chi connectivity index (χ2v) is 8.49. The number of benzene rings is 3. The van der Waals surface area contributed by atoms with Crippen LogP contribution in [0.25, 0.3) is 27.8 Å². The van der Waals surface area contributed by atoms with Crippen molar-refractivity contribution in [1.29, 1.82) is 0 Å². The molecule has 1 aliphatic heterocycles. The first-order chi connectivity index (χ1) is 17.1. The number of carbonyl (C=O) groups excluding carboxylic acids is 1. The van der Waals surface area contributed by atoms with Gasteiger partial charge in [-0.3, -0.25) is 9.59 Å². The van der Waals surface area contributed by atoms with Crippen molar-refractivity contribution >= 4 is 28.1 Å². The van der Waals surface area contributed by atoms with Crippen molar-refractivity contribution in [3.05, 3.63) is 94.5 Å². The van der Waals surface area contributed by atoms with Gasteiger partial charge in [0.15, 0.2) is 5.65 Å². The van der Waals surface area contributed by atoms with E-state index in [0.29, 0.717) is 40.8 Å². The molecule has 3 aromatic carbocycles. The predicted octanol–water partition coefficient (Wildman–Crippen LogP) is 3.34. The van der Waals surface area contributed by atoms with E-state index in [4.69, 9.17) is 0 Å². The molecule has 0 bridgehead atoms. The van der Waals surface area contributed by atoms with Crippen LogP contribution in [0.5, 0.6) is 0 Å². The summed E-state index contributed by atoms with van der Waals surface area (Å²) < 4.78 is 15.3. The van der Waals surface area contributed by atoms with E-state index in [2.05, 4.69) is 32.3 Å². The maximum atomic E-state index is 13.8. The van der Waals surface area contributed by atoms with E-state index in [-0.39, 0.29) is 11.6 Å². The molecule has 0 spiro atoms. The SMILES string of the molecule is O=C(c1ccc2c(=O)nc3c(-c4cccc(F)c4)n[nH]n3c2c1)N1CCN(c2ccccc2)CC1. The van der Waals surface area contributed by atoms with Crippen LogP contribution < -0.4 is 10.5 Å². The van der Waals surface area contributed by atoms with Gasteiger partial charge in [-0.25, -0.2) is 14.1 Å². The Morgan fingerprint density at radius 1 is 0.914 bits per heavy atom. The molecule has 1 fully saturated rings. The molecule has 0 atom stereocenters. The van der Waals surface area contributed by atoms with E-state index < -0.39 is 11.4 Å². The predicted molar refractivity (Wildman–Crippen MR) is 131 cm³/mol. The fraction of sp³-hybridized carbons (Fsp3) is 0.154. The van der Waals surface area contributed by atoms with Gasteiger partial charge in [-0.15, -0.1) is 0 Å². The molecule has 1 amide bonds. The Kier molecular flexibility index (Phi) is 5.02. The topological polar surface area (TPSA) is 86.6 Å². The second-order valence-electron chi connectivity index (χ2n) is 8.49. The summed E-state index contributed by atoms with van der Waals surface area (Å²) in [4.78, 5) is 34.3. The van der Waals surface area contributed by atoms with Crippen LogP contribution in [0, 0.1) is 5.82 Å². The molecular formula is C26H21FN6O2. The number of H-pyrrole nitrogens is 1. The van der Waals surface area contributed by atoms with Gasteiger partial charge in [0.25, 0.3) is 11.5 Å². The minimum atomic E-state index is -0.436. The first-order valence-corrected chi connectivity index (χ1v) is 11.3. The quantitative estimate of drug-likeness (QED) is 0.439. The van der Waals surface area contributed by atoms with Gasteiger partial charge in [-0.1, -0.05) is 30.3 Å². The number of amides is 1. The van der Waals surface area contributed by atoms with Crippen LogP contribution in [0.1, 0.15) is 10.4 Å². The Bertz CT molecular complexity index is 1620. The van der Waals surface area contributed by atoms with Crippen LogP contribution >= 0.6 is 0 Å². The monoisotopic (exact) mass is 468 g/mol. The molecular weight excluding hydrogens is 447 g/mol. The Labute approximate surface area is 199 Å². The van der Waals surface area contributed by atoms with Crippen LogP contribution in [0.2, 0.25) is 0 Å². The maximum absolute atomic E-state index is 13.8. The summed E-state index contributed by atoms with van der Waals surface area (Å²) in [5.41, 5.74) is 2.81. The van der Waals surface area contributed by atoms with Crippen molar-refractivity contribution in [3.63, 3.8) is 0 Å². The maximum Gasteiger partial charge on any atom is 0.281 e. The molecule has 2 aromatic heterocycles. The molecule has 0 aliphatic carbocycles. The molecule has 0 unspecified atom stereocenters. The largest absolute Gasteiger partial charge is 0.368 e. The zero-order valence-corrected chi connectivity index (χ0v) is 18.7. The summed E-state index contributed by atoms with van der Waals surface area (Å²) in [6.45, 7) is 2.69. The van der Waals surface area contributed by atoms with Gasteiger partial charge in [0, 0.05) is 43.0 Å². The standard InChI is InChI=1S/C26H21FN6O2/c27-19-6-4-5-17(15-19)23-24-28-25(34)21-10-9-18(16-22(21)33(24)30-29-23)26(35)32-13-11-31(12-14-32)20-7-2-1-3-8-20/h1-10,15-16,30H,11-14H2. The summed E-state index contributed by atoms with van der Waals surface area (Å²) in [6.07, 6.45) is 0. The molecule has 0 saturated carbocycles. The first-order valence-electron chi connectivity index (χ1n) is 11.3. The van der Waals surface area contributed by atoms with Crippen LogP contribution in [0.3, 0.4) is 0 Å². The number of hydrogen-bond acceptors (Lipinski definition) is 5. The minimum Gasteiger partial charge on any atom is -0.368 e. The van der Waals surface area contributed by atoms with E-state index in [1.807, 2.05) is 23.1 Å². The molecule has 1 N–H and O–H groups in total. The highest BCUT2D eigenvalue weighted by atomic mass is 19.1. The number of nitrogens with zero attached hydrogens (tertiary/aromatic N) is 5. The normalized spacial score (nSPS) is 14.1. The number of carbonyl (C=O) groups is 1. The number of aromatic amines is 1. The highest BCUT2D eigenvalue weighted by Crippen LogP contribution is 2.24. The Morgan fingerprint density at radius 3 is 2.49 bits per heavy atom. The molecule has 1 saturated heterocycles. The van der Waals surface area contributed by atoms with Gasteiger partial charge in [-0.2, -0.15) is 10.1 Å². The summed E-state index contributed by atoms with van der Waals surface area (Å²) in [6, 6.07) is 21.1. The molecule has 174 valence electrons. The third kappa shape index (κ3) is 3.71. The van der Waals surface area contributed by atoms with Gasteiger partial charge < -0.3 is 9.80 Å². The number of aromatic nitrogens is 4. The second kappa shape index (κ2) is 8.35. The number of piperazine rings is 1. The fourth-order valence-corrected chi connectivity index (χ4v) is 4.58. The third-order valence-electron chi connectivity index (χ3n) is 6.40. The number of nitrogens with one attached hydrogen (secondary N) is 1. The van der Waals surface area contributed by atoms with Crippen molar-refractivity contribution in [1.82, 2.24) is 24.7 Å². The summed E-state index contributed by atoms with van der Waals surface area (Å²) in [7, 11) is 0. The van der Waals surface area contributed by atoms with Gasteiger partial charge in [0.05, 0.1) is 10.9 Å². The lowest BCUT2D eigenvalue weighted by atomic mass is 10.1. The van der Waals surface area contributed by atoms with E-state index in [1.165, 1.54) is 12.1 Å². The number of anilines is 1. The summed E-state index contributed by atoms with van der Waals surface area (Å²) >= 11 is 0. The van der Waals surface area contributed by atoms with Crippen LogP contribution in [-0.4, -0.2) is 56.8 Å². The first kappa shape index (κ1) is 21.0. The molecule has 1 aliphatic rings. The van der Waals surface area contributed by atoms with E-state index >= 15 is 0 Å². The number of hydrogen-bond donors (Lipinski definition) is 1. The van der Waals surface area contributed by atoms with E-state index in [0.717, 1.165) is 18.8 Å². The average Bonchev–Trinajstić information content (AvgIpc) is 3.33. The number of para-hydroxylation sites is 1. The number of fused-ring (bicyclic) bond motifs is 3. The summed E-state index contributed by atoms with van der Waals surface area (Å²) in [5.74, 6) is -0.505. The molecule has 8 nitrogen and oxygen atoms in total. The van der Waals surface area contributed by atoms with E-state index in [1.54, 1.807) is 34.8 Å². The van der Waals surface area contributed by atoms with Gasteiger partial charge in [0.1, 0.15) is 11.5 Å². The van der Waals surface area contributed by atoms with E-state index in [9.17, 15) is 14.0 Å². The molecule has 3 heterocycles. The Morgan fingerprint density at radius 2 is 1.71 bits per heavy atom. The Balaban J connectivity index is 1.33.